The molecule has 2 N–H and O–H groups in total. The van der Waals surface area contributed by atoms with Crippen molar-refractivity contribution < 1.29 is 4.74 Å². The molecule has 112 valence electrons. The molecule has 2 unspecified atom stereocenters. The van der Waals surface area contributed by atoms with Crippen molar-refractivity contribution in [2.75, 3.05) is 23.8 Å². The number of aryl methyl sites for hydroxylation is 1. The Kier molecular flexibility index (Phi) is 4.81. The van der Waals surface area contributed by atoms with Crippen LogP contribution in [-0.4, -0.2) is 34.8 Å². The van der Waals surface area contributed by atoms with Gasteiger partial charge in [-0.25, -0.2) is 9.97 Å². The summed E-state index contributed by atoms with van der Waals surface area (Å²) in [6.45, 7) is 10.2. The molecule has 1 aliphatic rings. The molecule has 0 bridgehead atoms. The van der Waals surface area contributed by atoms with Gasteiger partial charge in [0, 0.05) is 25.6 Å². The van der Waals surface area contributed by atoms with Crippen LogP contribution in [0.4, 0.5) is 11.6 Å². The van der Waals surface area contributed by atoms with E-state index in [-0.39, 0.29) is 11.6 Å². The van der Waals surface area contributed by atoms with Gasteiger partial charge in [0.1, 0.15) is 17.5 Å². The van der Waals surface area contributed by atoms with Gasteiger partial charge in [-0.1, -0.05) is 6.92 Å². The molecule has 0 amide bonds. The predicted molar refractivity (Wildman–Crippen MR) is 82.2 cm³/mol. The SMILES string of the molecule is CCCc1nc(NCC)cc(NC2(C)CCOC2C)n1. The average molecular weight is 278 g/mol. The van der Waals surface area contributed by atoms with Gasteiger partial charge in [0.2, 0.25) is 0 Å². The number of anilines is 2. The van der Waals surface area contributed by atoms with E-state index in [4.69, 9.17) is 4.74 Å². The van der Waals surface area contributed by atoms with E-state index in [2.05, 4.69) is 48.3 Å². The maximum absolute atomic E-state index is 5.67. The van der Waals surface area contributed by atoms with Crippen molar-refractivity contribution in [3.63, 3.8) is 0 Å². The molecule has 0 aliphatic carbocycles. The normalized spacial score (nSPS) is 25.7. The van der Waals surface area contributed by atoms with Crippen LogP contribution >= 0.6 is 0 Å². The first-order valence-electron chi connectivity index (χ1n) is 7.59. The molecule has 5 heteroatoms. The third kappa shape index (κ3) is 3.39. The Balaban J connectivity index is 2.21. The zero-order chi connectivity index (χ0) is 14.6. The van der Waals surface area contributed by atoms with Crippen molar-refractivity contribution in [3.8, 4) is 0 Å². The standard InChI is InChI=1S/C15H26N4O/c1-5-7-12-17-13(16-6-2)10-14(18-12)19-15(4)8-9-20-11(15)3/h10-11H,5-9H2,1-4H3,(H2,16,17,18,19). The second kappa shape index (κ2) is 6.39. The summed E-state index contributed by atoms with van der Waals surface area (Å²) in [4.78, 5) is 9.17. The topological polar surface area (TPSA) is 59.1 Å². The zero-order valence-corrected chi connectivity index (χ0v) is 13.0. The van der Waals surface area contributed by atoms with Crippen LogP contribution in [0.25, 0.3) is 0 Å². The lowest BCUT2D eigenvalue weighted by molar-refractivity contribution is 0.105. The number of hydrogen-bond donors (Lipinski definition) is 2. The summed E-state index contributed by atoms with van der Waals surface area (Å²) >= 11 is 0. The van der Waals surface area contributed by atoms with Gasteiger partial charge < -0.3 is 15.4 Å². The first-order valence-corrected chi connectivity index (χ1v) is 7.59. The number of ether oxygens (including phenoxy) is 1. The van der Waals surface area contributed by atoms with Crippen LogP contribution < -0.4 is 10.6 Å². The lowest BCUT2D eigenvalue weighted by atomic mass is 9.95. The van der Waals surface area contributed by atoms with Gasteiger partial charge in [-0.05, 0) is 33.6 Å². The third-order valence-corrected chi connectivity index (χ3v) is 3.90. The fourth-order valence-corrected chi connectivity index (χ4v) is 2.46. The molecular formula is C15H26N4O. The van der Waals surface area contributed by atoms with Crippen molar-refractivity contribution in [3.05, 3.63) is 11.9 Å². The molecule has 0 spiro atoms. The Bertz CT molecular complexity index is 427. The Hall–Kier alpha value is -1.36. The minimum atomic E-state index is -0.0542. The quantitative estimate of drug-likeness (QED) is 0.838. The van der Waals surface area contributed by atoms with E-state index < -0.39 is 0 Å². The van der Waals surface area contributed by atoms with E-state index in [0.29, 0.717) is 0 Å². The van der Waals surface area contributed by atoms with Crippen molar-refractivity contribution in [2.45, 2.75) is 58.6 Å². The fourth-order valence-electron chi connectivity index (χ4n) is 2.46. The first kappa shape index (κ1) is 15.0. The van der Waals surface area contributed by atoms with Crippen LogP contribution in [0.2, 0.25) is 0 Å². The van der Waals surface area contributed by atoms with Gasteiger partial charge >= 0.3 is 0 Å². The predicted octanol–water partition coefficient (Wildman–Crippen LogP) is 2.84. The highest BCUT2D eigenvalue weighted by Crippen LogP contribution is 2.29. The fraction of sp³-hybridized carbons (Fsp3) is 0.733. The highest BCUT2D eigenvalue weighted by Gasteiger charge is 2.37. The zero-order valence-electron chi connectivity index (χ0n) is 13.0. The van der Waals surface area contributed by atoms with Gasteiger partial charge in [0.15, 0.2) is 0 Å². The summed E-state index contributed by atoms with van der Waals surface area (Å²) < 4.78 is 5.67. The first-order chi connectivity index (χ1) is 9.57. The summed E-state index contributed by atoms with van der Waals surface area (Å²) in [5, 5.41) is 6.82. The molecule has 2 heterocycles. The summed E-state index contributed by atoms with van der Waals surface area (Å²) in [6.07, 6.45) is 3.13. The Labute approximate surface area is 121 Å². The lowest BCUT2D eigenvalue weighted by Crippen LogP contribution is -2.41. The van der Waals surface area contributed by atoms with E-state index in [9.17, 15) is 0 Å². The second-order valence-corrected chi connectivity index (χ2v) is 5.64. The molecule has 1 saturated heterocycles. The monoisotopic (exact) mass is 278 g/mol. The van der Waals surface area contributed by atoms with Gasteiger partial charge in [0.05, 0.1) is 11.6 Å². The van der Waals surface area contributed by atoms with Crippen molar-refractivity contribution in [1.82, 2.24) is 9.97 Å². The molecule has 5 nitrogen and oxygen atoms in total. The lowest BCUT2D eigenvalue weighted by Gasteiger charge is -2.29. The minimum absolute atomic E-state index is 0.0542. The second-order valence-electron chi connectivity index (χ2n) is 5.64. The Morgan fingerprint density at radius 2 is 2.10 bits per heavy atom. The minimum Gasteiger partial charge on any atom is -0.376 e. The van der Waals surface area contributed by atoms with Crippen LogP contribution in [0.3, 0.4) is 0 Å². The largest absolute Gasteiger partial charge is 0.376 e. The molecule has 0 aromatic carbocycles. The van der Waals surface area contributed by atoms with Crippen LogP contribution in [-0.2, 0) is 11.2 Å². The molecule has 1 aliphatic heterocycles. The van der Waals surface area contributed by atoms with Gasteiger partial charge in [-0.3, -0.25) is 0 Å². The van der Waals surface area contributed by atoms with Crippen molar-refractivity contribution >= 4 is 11.6 Å². The number of nitrogens with one attached hydrogen (secondary N) is 2. The summed E-state index contributed by atoms with van der Waals surface area (Å²) in [5.74, 6) is 2.67. The number of hydrogen-bond acceptors (Lipinski definition) is 5. The highest BCUT2D eigenvalue weighted by atomic mass is 16.5. The van der Waals surface area contributed by atoms with E-state index in [1.54, 1.807) is 0 Å². The van der Waals surface area contributed by atoms with Crippen LogP contribution in [0.5, 0.6) is 0 Å². The average Bonchev–Trinajstić information content (AvgIpc) is 2.69. The maximum Gasteiger partial charge on any atom is 0.133 e. The van der Waals surface area contributed by atoms with Crippen molar-refractivity contribution in [1.29, 1.82) is 0 Å². The van der Waals surface area contributed by atoms with Gasteiger partial charge in [0.25, 0.3) is 0 Å². The summed E-state index contributed by atoms with van der Waals surface area (Å²) in [6, 6.07) is 1.99. The molecule has 1 aromatic heterocycles. The number of aromatic nitrogens is 2. The molecule has 0 saturated carbocycles. The van der Waals surface area contributed by atoms with E-state index in [0.717, 1.165) is 49.9 Å². The molecule has 1 aromatic rings. The van der Waals surface area contributed by atoms with Gasteiger partial charge in [-0.2, -0.15) is 0 Å². The number of nitrogens with zero attached hydrogens (tertiary/aromatic N) is 2. The third-order valence-electron chi connectivity index (χ3n) is 3.90. The maximum atomic E-state index is 5.67. The van der Waals surface area contributed by atoms with Crippen LogP contribution in [0.15, 0.2) is 6.07 Å². The van der Waals surface area contributed by atoms with Crippen LogP contribution in [0, 0.1) is 0 Å². The van der Waals surface area contributed by atoms with Crippen molar-refractivity contribution in [2.24, 2.45) is 0 Å². The molecule has 1 fully saturated rings. The Morgan fingerprint density at radius 3 is 2.70 bits per heavy atom. The van der Waals surface area contributed by atoms with Gasteiger partial charge in [-0.15, -0.1) is 0 Å². The van der Waals surface area contributed by atoms with Crippen LogP contribution in [0.1, 0.15) is 46.4 Å². The Morgan fingerprint density at radius 1 is 1.35 bits per heavy atom. The molecular weight excluding hydrogens is 252 g/mol. The van der Waals surface area contributed by atoms with E-state index in [1.165, 1.54) is 0 Å². The highest BCUT2D eigenvalue weighted by molar-refractivity contribution is 5.49. The molecule has 2 rings (SSSR count). The van der Waals surface area contributed by atoms with E-state index in [1.807, 2.05) is 6.07 Å². The van der Waals surface area contributed by atoms with E-state index >= 15 is 0 Å². The smallest absolute Gasteiger partial charge is 0.133 e. The molecule has 20 heavy (non-hydrogen) atoms. The molecule has 0 radical (unpaired) electrons. The number of rotatable bonds is 6. The molecule has 2 atom stereocenters. The summed E-state index contributed by atoms with van der Waals surface area (Å²) in [5.41, 5.74) is -0.0542. The summed E-state index contributed by atoms with van der Waals surface area (Å²) in [7, 11) is 0.